The van der Waals surface area contributed by atoms with E-state index in [9.17, 15) is 9.59 Å². The Morgan fingerprint density at radius 2 is 1.59 bits per heavy atom. The van der Waals surface area contributed by atoms with E-state index in [4.69, 9.17) is 11.5 Å². The second-order valence-electron chi connectivity index (χ2n) is 8.27. The van der Waals surface area contributed by atoms with Crippen molar-refractivity contribution in [1.29, 1.82) is 0 Å². The van der Waals surface area contributed by atoms with Crippen LogP contribution in [-0.4, -0.2) is 17.9 Å². The fourth-order valence-corrected chi connectivity index (χ4v) is 3.72. The van der Waals surface area contributed by atoms with Gasteiger partial charge in [0.2, 0.25) is 5.91 Å². The second kappa shape index (κ2) is 9.66. The highest BCUT2D eigenvalue weighted by atomic mass is 16.2. The Morgan fingerprint density at radius 1 is 0.906 bits per heavy atom. The first-order chi connectivity index (χ1) is 15.5. The van der Waals surface area contributed by atoms with Crippen LogP contribution in [0.1, 0.15) is 46.7 Å². The molecule has 1 saturated carbocycles. The Morgan fingerprint density at radius 3 is 2.25 bits per heavy atom. The lowest BCUT2D eigenvalue weighted by atomic mass is 10.1. The summed E-state index contributed by atoms with van der Waals surface area (Å²) in [5, 5.41) is 5.76. The lowest BCUT2D eigenvalue weighted by Crippen LogP contribution is -2.13. The van der Waals surface area contributed by atoms with Gasteiger partial charge in [0.25, 0.3) is 5.91 Å². The third kappa shape index (κ3) is 5.53. The molecule has 2 atom stereocenters. The number of nitrogens with two attached hydrogens (primary N) is 2. The van der Waals surface area contributed by atoms with Gasteiger partial charge in [-0.1, -0.05) is 36.4 Å². The smallest absolute Gasteiger partial charge is 0.255 e. The number of anilines is 3. The first-order valence-electron chi connectivity index (χ1n) is 10.9. The SMILES string of the molecule is Nc1ccccc1NC(=O)c1ccc(CCCC(=O)Nc2ccc([C@H]3C[C@@H]3N)cc2)cc1. The molecule has 0 aromatic heterocycles. The number of amides is 2. The predicted molar refractivity (Wildman–Crippen MR) is 129 cm³/mol. The lowest BCUT2D eigenvalue weighted by Gasteiger charge is -2.09. The molecule has 0 saturated heterocycles. The van der Waals surface area contributed by atoms with E-state index >= 15 is 0 Å². The quantitative estimate of drug-likeness (QED) is 0.401. The van der Waals surface area contributed by atoms with Crippen molar-refractivity contribution in [2.75, 3.05) is 16.4 Å². The van der Waals surface area contributed by atoms with Gasteiger partial charge in [0.1, 0.15) is 0 Å². The molecule has 6 nitrogen and oxygen atoms in total. The summed E-state index contributed by atoms with van der Waals surface area (Å²) in [5.41, 5.74) is 16.6. The first kappa shape index (κ1) is 21.6. The average Bonchev–Trinajstić information content (AvgIpc) is 3.53. The maximum atomic E-state index is 12.4. The van der Waals surface area contributed by atoms with Gasteiger partial charge in [-0.05, 0) is 66.8 Å². The van der Waals surface area contributed by atoms with Crippen LogP contribution in [0.3, 0.4) is 0 Å². The lowest BCUT2D eigenvalue weighted by molar-refractivity contribution is -0.116. The largest absolute Gasteiger partial charge is 0.397 e. The number of nitrogens with one attached hydrogen (secondary N) is 2. The minimum absolute atomic E-state index is 0.00248. The molecule has 1 fully saturated rings. The number of aryl methyl sites for hydroxylation is 1. The number of rotatable bonds is 8. The maximum absolute atomic E-state index is 12.4. The van der Waals surface area contributed by atoms with Crippen molar-refractivity contribution in [2.45, 2.75) is 37.6 Å². The van der Waals surface area contributed by atoms with E-state index in [1.165, 1.54) is 5.56 Å². The Hall–Kier alpha value is -3.64. The summed E-state index contributed by atoms with van der Waals surface area (Å²) < 4.78 is 0. The van der Waals surface area contributed by atoms with Gasteiger partial charge < -0.3 is 22.1 Å². The zero-order chi connectivity index (χ0) is 22.5. The van der Waals surface area contributed by atoms with Gasteiger partial charge in [0.15, 0.2) is 0 Å². The molecule has 0 bridgehead atoms. The van der Waals surface area contributed by atoms with E-state index in [0.29, 0.717) is 29.3 Å². The molecular formula is C26H28N4O2. The standard InChI is InChI=1S/C26H28N4O2/c27-22-5-1-2-6-24(22)30-26(32)19-10-8-17(9-11-19)4-3-7-25(31)29-20-14-12-18(13-15-20)21-16-23(21)28/h1-2,5-6,8-15,21,23H,3-4,7,16,27-28H2,(H,29,31)(H,30,32)/t21-,23+/m1/s1. The summed E-state index contributed by atoms with van der Waals surface area (Å²) in [6.45, 7) is 0. The minimum Gasteiger partial charge on any atom is -0.397 e. The molecule has 0 radical (unpaired) electrons. The molecule has 1 aliphatic carbocycles. The second-order valence-corrected chi connectivity index (χ2v) is 8.27. The Balaban J connectivity index is 1.21. The van der Waals surface area contributed by atoms with E-state index in [-0.39, 0.29) is 17.9 Å². The van der Waals surface area contributed by atoms with Crippen molar-refractivity contribution in [3.8, 4) is 0 Å². The Bertz CT molecular complexity index is 1090. The van der Waals surface area contributed by atoms with Crippen LogP contribution in [-0.2, 0) is 11.2 Å². The number of carbonyl (C=O) groups is 2. The first-order valence-corrected chi connectivity index (χ1v) is 10.9. The van der Waals surface area contributed by atoms with Crippen molar-refractivity contribution < 1.29 is 9.59 Å². The highest BCUT2D eigenvalue weighted by molar-refractivity contribution is 6.05. The van der Waals surface area contributed by atoms with Gasteiger partial charge in [-0.3, -0.25) is 9.59 Å². The number of nitrogen functional groups attached to an aromatic ring is 1. The van der Waals surface area contributed by atoms with Gasteiger partial charge in [-0.2, -0.15) is 0 Å². The summed E-state index contributed by atoms with van der Waals surface area (Å²) in [6.07, 6.45) is 2.97. The molecule has 1 aliphatic rings. The maximum Gasteiger partial charge on any atom is 0.255 e. The highest BCUT2D eigenvalue weighted by Gasteiger charge is 2.34. The molecule has 3 aromatic carbocycles. The van der Waals surface area contributed by atoms with E-state index in [0.717, 1.165) is 30.5 Å². The van der Waals surface area contributed by atoms with Gasteiger partial charge in [0.05, 0.1) is 11.4 Å². The van der Waals surface area contributed by atoms with Crippen LogP contribution in [0.5, 0.6) is 0 Å². The molecular weight excluding hydrogens is 400 g/mol. The van der Waals surface area contributed by atoms with Crippen LogP contribution in [0.25, 0.3) is 0 Å². The van der Waals surface area contributed by atoms with Crippen molar-refractivity contribution in [3.63, 3.8) is 0 Å². The van der Waals surface area contributed by atoms with Crippen LogP contribution in [0.15, 0.2) is 72.8 Å². The fourth-order valence-electron chi connectivity index (χ4n) is 3.72. The predicted octanol–water partition coefficient (Wildman–Crippen LogP) is 4.30. The third-order valence-corrected chi connectivity index (χ3v) is 5.76. The zero-order valence-corrected chi connectivity index (χ0v) is 17.9. The summed E-state index contributed by atoms with van der Waals surface area (Å²) in [5.74, 6) is 0.259. The normalized spacial score (nSPS) is 16.9. The molecule has 0 aliphatic heterocycles. The molecule has 0 spiro atoms. The van der Waals surface area contributed by atoms with Crippen LogP contribution in [0.4, 0.5) is 17.1 Å². The number of benzene rings is 3. The average molecular weight is 429 g/mol. The van der Waals surface area contributed by atoms with Gasteiger partial charge >= 0.3 is 0 Å². The van der Waals surface area contributed by atoms with Gasteiger partial charge in [-0.25, -0.2) is 0 Å². The van der Waals surface area contributed by atoms with Crippen LogP contribution in [0.2, 0.25) is 0 Å². The summed E-state index contributed by atoms with van der Waals surface area (Å²) >= 11 is 0. The number of hydrogen-bond donors (Lipinski definition) is 4. The van der Waals surface area contributed by atoms with Crippen molar-refractivity contribution in [2.24, 2.45) is 5.73 Å². The molecule has 6 heteroatoms. The fraction of sp³-hybridized carbons (Fsp3) is 0.231. The molecule has 6 N–H and O–H groups in total. The summed E-state index contributed by atoms with van der Waals surface area (Å²) in [6, 6.07) is 22.8. The molecule has 0 heterocycles. The van der Waals surface area contributed by atoms with E-state index in [2.05, 4.69) is 10.6 Å². The minimum atomic E-state index is -0.205. The topological polar surface area (TPSA) is 110 Å². The van der Waals surface area contributed by atoms with Crippen molar-refractivity contribution in [3.05, 3.63) is 89.5 Å². The summed E-state index contributed by atoms with van der Waals surface area (Å²) in [4.78, 5) is 24.6. The highest BCUT2D eigenvalue weighted by Crippen LogP contribution is 2.39. The van der Waals surface area contributed by atoms with Crippen LogP contribution in [0, 0.1) is 0 Å². The molecule has 164 valence electrons. The Labute approximate surface area is 188 Å². The van der Waals surface area contributed by atoms with Gasteiger partial charge in [0, 0.05) is 29.6 Å². The van der Waals surface area contributed by atoms with Crippen LogP contribution < -0.4 is 22.1 Å². The summed E-state index contributed by atoms with van der Waals surface area (Å²) in [7, 11) is 0. The van der Waals surface area contributed by atoms with E-state index in [1.54, 1.807) is 24.3 Å². The molecule has 2 amide bonds. The zero-order valence-electron chi connectivity index (χ0n) is 17.9. The van der Waals surface area contributed by atoms with Crippen molar-refractivity contribution in [1.82, 2.24) is 0 Å². The van der Waals surface area contributed by atoms with Crippen molar-refractivity contribution >= 4 is 28.9 Å². The number of para-hydroxylation sites is 2. The van der Waals surface area contributed by atoms with E-state index in [1.807, 2.05) is 48.5 Å². The molecule has 4 rings (SSSR count). The van der Waals surface area contributed by atoms with Crippen LogP contribution >= 0.6 is 0 Å². The van der Waals surface area contributed by atoms with E-state index < -0.39 is 0 Å². The number of carbonyl (C=O) groups excluding carboxylic acids is 2. The third-order valence-electron chi connectivity index (χ3n) is 5.76. The van der Waals surface area contributed by atoms with Gasteiger partial charge in [-0.15, -0.1) is 0 Å². The number of hydrogen-bond acceptors (Lipinski definition) is 4. The molecule has 32 heavy (non-hydrogen) atoms. The molecule has 3 aromatic rings. The monoisotopic (exact) mass is 428 g/mol. The Kier molecular flexibility index (Phi) is 6.52. The molecule has 0 unspecified atom stereocenters.